The molecule has 0 aromatic heterocycles. The minimum Gasteiger partial charge on any atom is -0.452 e. The van der Waals surface area contributed by atoms with Gasteiger partial charge in [-0.05, 0) is 43.0 Å². The Morgan fingerprint density at radius 1 is 1.33 bits per heavy atom. The average molecular weight is 354 g/mol. The van der Waals surface area contributed by atoms with E-state index in [1.165, 1.54) is 16.6 Å². The molecule has 0 saturated carbocycles. The zero-order chi connectivity index (χ0) is 17.7. The number of aryl methyl sites for hydroxylation is 1. The molecular formula is C16H22N2O5S. The molecule has 2 rings (SSSR count). The summed E-state index contributed by atoms with van der Waals surface area (Å²) in [6.45, 7) is 2.58. The van der Waals surface area contributed by atoms with E-state index in [0.717, 1.165) is 12.0 Å². The van der Waals surface area contributed by atoms with E-state index in [1.807, 2.05) is 6.92 Å². The van der Waals surface area contributed by atoms with Crippen LogP contribution in [0.1, 0.15) is 35.7 Å². The number of anilines is 1. The van der Waals surface area contributed by atoms with Crippen LogP contribution in [0.4, 0.5) is 5.69 Å². The van der Waals surface area contributed by atoms with Crippen LogP contribution in [-0.4, -0.2) is 46.2 Å². The molecule has 1 N–H and O–H groups in total. The number of ether oxygens (including phenoxy) is 1. The Balaban J connectivity index is 2.08. The Bertz CT molecular complexity index is 730. The number of amides is 1. The maximum atomic E-state index is 12.1. The fourth-order valence-electron chi connectivity index (χ4n) is 2.56. The topological polar surface area (TPSA) is 92.8 Å². The van der Waals surface area contributed by atoms with Crippen molar-refractivity contribution in [1.82, 2.24) is 5.32 Å². The lowest BCUT2D eigenvalue weighted by atomic mass is 10.0. The van der Waals surface area contributed by atoms with Gasteiger partial charge in [-0.25, -0.2) is 13.2 Å². The number of nitrogens with zero attached hydrogens (tertiary/aromatic N) is 1. The van der Waals surface area contributed by atoms with E-state index < -0.39 is 16.0 Å². The van der Waals surface area contributed by atoms with Crippen molar-refractivity contribution in [3.05, 3.63) is 29.3 Å². The van der Waals surface area contributed by atoms with Crippen molar-refractivity contribution in [2.45, 2.75) is 26.2 Å². The lowest BCUT2D eigenvalue weighted by molar-refractivity contribution is -0.124. The Morgan fingerprint density at radius 3 is 2.75 bits per heavy atom. The molecule has 0 unspecified atom stereocenters. The molecule has 1 aromatic rings. The van der Waals surface area contributed by atoms with Crippen molar-refractivity contribution in [1.29, 1.82) is 0 Å². The van der Waals surface area contributed by atoms with Gasteiger partial charge in [0.1, 0.15) is 0 Å². The number of hydrogen-bond donors (Lipinski definition) is 1. The number of benzene rings is 1. The number of carbonyl (C=O) groups excluding carboxylic acids is 2. The molecule has 1 amide bonds. The van der Waals surface area contributed by atoms with Crippen molar-refractivity contribution in [2.24, 2.45) is 0 Å². The predicted octanol–water partition coefficient (Wildman–Crippen LogP) is 1.08. The fraction of sp³-hybridized carbons (Fsp3) is 0.500. The van der Waals surface area contributed by atoms with Gasteiger partial charge in [-0.15, -0.1) is 0 Å². The molecule has 24 heavy (non-hydrogen) atoms. The maximum Gasteiger partial charge on any atom is 0.338 e. The zero-order valence-corrected chi connectivity index (χ0v) is 14.7. The number of hydrogen-bond acceptors (Lipinski definition) is 5. The van der Waals surface area contributed by atoms with Gasteiger partial charge in [0.05, 0.1) is 17.5 Å². The van der Waals surface area contributed by atoms with Crippen LogP contribution in [0.3, 0.4) is 0 Å². The summed E-state index contributed by atoms with van der Waals surface area (Å²) in [5, 5.41) is 2.62. The number of rotatable bonds is 6. The summed E-state index contributed by atoms with van der Waals surface area (Å²) in [6.07, 6.45) is 3.36. The van der Waals surface area contributed by atoms with Gasteiger partial charge >= 0.3 is 5.97 Å². The maximum absolute atomic E-state index is 12.1. The van der Waals surface area contributed by atoms with E-state index in [1.54, 1.807) is 12.1 Å². The monoisotopic (exact) mass is 354 g/mol. The number of nitrogens with one attached hydrogen (secondary N) is 1. The SMILES string of the molecule is CCCNC(=O)COC(=O)c1ccc2c(c1)CCCN2S(C)(=O)=O. The highest BCUT2D eigenvalue weighted by atomic mass is 32.2. The van der Waals surface area contributed by atoms with Gasteiger partial charge in [0.15, 0.2) is 6.61 Å². The molecule has 1 aliphatic heterocycles. The van der Waals surface area contributed by atoms with Crippen molar-refractivity contribution in [3.8, 4) is 0 Å². The van der Waals surface area contributed by atoms with E-state index >= 15 is 0 Å². The van der Waals surface area contributed by atoms with Crippen LogP contribution in [0.5, 0.6) is 0 Å². The lowest BCUT2D eigenvalue weighted by Gasteiger charge is -2.29. The second-order valence-electron chi connectivity index (χ2n) is 5.71. The summed E-state index contributed by atoms with van der Waals surface area (Å²) in [7, 11) is -3.34. The average Bonchev–Trinajstić information content (AvgIpc) is 2.55. The lowest BCUT2D eigenvalue weighted by Crippen LogP contribution is -2.34. The second kappa shape index (κ2) is 7.65. The van der Waals surface area contributed by atoms with Crippen LogP contribution < -0.4 is 9.62 Å². The predicted molar refractivity (Wildman–Crippen MR) is 90.5 cm³/mol. The summed E-state index contributed by atoms with van der Waals surface area (Å²) < 4.78 is 30.0. The first kappa shape index (κ1) is 18.3. The molecule has 0 spiro atoms. The molecule has 0 radical (unpaired) electrons. The van der Waals surface area contributed by atoms with Gasteiger partial charge in [-0.3, -0.25) is 9.10 Å². The van der Waals surface area contributed by atoms with Crippen LogP contribution in [0.25, 0.3) is 0 Å². The first-order valence-corrected chi connectivity index (χ1v) is 9.72. The van der Waals surface area contributed by atoms with Gasteiger partial charge in [0.2, 0.25) is 10.0 Å². The van der Waals surface area contributed by atoms with Gasteiger partial charge in [0.25, 0.3) is 5.91 Å². The smallest absolute Gasteiger partial charge is 0.338 e. The van der Waals surface area contributed by atoms with E-state index in [4.69, 9.17) is 4.74 Å². The highest BCUT2D eigenvalue weighted by Gasteiger charge is 2.25. The summed E-state index contributed by atoms with van der Waals surface area (Å²) in [4.78, 5) is 23.5. The molecule has 132 valence electrons. The molecule has 7 nitrogen and oxygen atoms in total. The van der Waals surface area contributed by atoms with Crippen LogP contribution >= 0.6 is 0 Å². The Labute approximate surface area is 142 Å². The van der Waals surface area contributed by atoms with Gasteiger partial charge in [-0.1, -0.05) is 6.92 Å². The molecule has 0 bridgehead atoms. The Kier molecular flexibility index (Phi) is 5.82. The summed E-state index contributed by atoms with van der Waals surface area (Å²) in [5.74, 6) is -0.938. The first-order chi connectivity index (χ1) is 11.3. The Hall–Kier alpha value is -2.09. The van der Waals surface area contributed by atoms with E-state index in [2.05, 4.69) is 5.32 Å². The largest absolute Gasteiger partial charge is 0.452 e. The zero-order valence-electron chi connectivity index (χ0n) is 13.9. The molecule has 0 fully saturated rings. The number of sulfonamides is 1. The van der Waals surface area contributed by atoms with Crippen LogP contribution in [0.2, 0.25) is 0 Å². The van der Waals surface area contributed by atoms with E-state index in [-0.39, 0.29) is 12.5 Å². The third kappa shape index (κ3) is 4.47. The number of carbonyl (C=O) groups is 2. The third-order valence-electron chi connectivity index (χ3n) is 3.70. The molecular weight excluding hydrogens is 332 g/mol. The van der Waals surface area contributed by atoms with E-state index in [0.29, 0.717) is 37.2 Å². The van der Waals surface area contributed by atoms with Crippen molar-refractivity contribution in [3.63, 3.8) is 0 Å². The summed E-state index contributed by atoms with van der Waals surface area (Å²) >= 11 is 0. The standard InChI is InChI=1S/C16H22N2O5S/c1-3-8-17-15(19)11-23-16(20)13-6-7-14-12(10-13)5-4-9-18(14)24(2,21)22/h6-7,10H,3-5,8-9,11H2,1-2H3,(H,17,19). The van der Waals surface area contributed by atoms with Crippen LogP contribution in [0, 0.1) is 0 Å². The molecule has 0 saturated heterocycles. The molecule has 0 atom stereocenters. The third-order valence-corrected chi connectivity index (χ3v) is 4.88. The quantitative estimate of drug-likeness (QED) is 0.772. The second-order valence-corrected chi connectivity index (χ2v) is 7.62. The Morgan fingerprint density at radius 2 is 2.08 bits per heavy atom. The minimum atomic E-state index is -3.34. The van der Waals surface area contributed by atoms with Crippen molar-refractivity contribution >= 4 is 27.6 Å². The molecule has 1 aliphatic rings. The first-order valence-electron chi connectivity index (χ1n) is 7.87. The highest BCUT2D eigenvalue weighted by Crippen LogP contribution is 2.30. The molecule has 1 heterocycles. The number of esters is 1. The van der Waals surface area contributed by atoms with Crippen molar-refractivity contribution < 1.29 is 22.7 Å². The molecule has 1 aromatic carbocycles. The van der Waals surface area contributed by atoms with Crippen molar-refractivity contribution in [2.75, 3.05) is 30.3 Å². The molecule has 8 heteroatoms. The molecule has 0 aliphatic carbocycles. The summed E-state index contributed by atoms with van der Waals surface area (Å²) in [6, 6.07) is 4.77. The minimum absolute atomic E-state index is 0.312. The van der Waals surface area contributed by atoms with Gasteiger partial charge < -0.3 is 10.1 Å². The van der Waals surface area contributed by atoms with Gasteiger partial charge in [0, 0.05) is 13.1 Å². The normalized spacial score (nSPS) is 14.0. The van der Waals surface area contributed by atoms with Crippen LogP contribution in [-0.2, 0) is 26.0 Å². The summed E-state index contributed by atoms with van der Waals surface area (Å²) in [5.41, 5.74) is 1.70. The highest BCUT2D eigenvalue weighted by molar-refractivity contribution is 7.92. The fourth-order valence-corrected chi connectivity index (χ4v) is 3.56. The van der Waals surface area contributed by atoms with E-state index in [9.17, 15) is 18.0 Å². The van der Waals surface area contributed by atoms with Crippen LogP contribution in [0.15, 0.2) is 18.2 Å². The number of fused-ring (bicyclic) bond motifs is 1. The van der Waals surface area contributed by atoms with Gasteiger partial charge in [-0.2, -0.15) is 0 Å².